The molecule has 44 heavy (non-hydrogen) atoms. The van der Waals surface area contributed by atoms with Gasteiger partial charge in [-0.1, -0.05) is 77.0 Å². The molecule has 0 amide bonds. The third-order valence-electron chi connectivity index (χ3n) is 17.1. The lowest BCUT2D eigenvalue weighted by atomic mass is 9.62. The SMILES string of the molecule is C1CCC(C2CCC(N3C4CCCCC4C4CC(C5CCC6C(C5)C5CCCCC5N6C5CCCCC5)CCC43)CC2)CC1. The molecule has 0 aromatic rings. The minimum Gasteiger partial charge on any atom is -0.294 e. The van der Waals surface area contributed by atoms with Gasteiger partial charge in [-0.15, -0.1) is 0 Å². The Balaban J connectivity index is 0.872. The highest BCUT2D eigenvalue weighted by Gasteiger charge is 2.56. The second kappa shape index (κ2) is 13.1. The summed E-state index contributed by atoms with van der Waals surface area (Å²) >= 11 is 0. The van der Waals surface area contributed by atoms with Gasteiger partial charge in [0.25, 0.3) is 0 Å². The van der Waals surface area contributed by atoms with Gasteiger partial charge in [-0.05, 0) is 150 Å². The summed E-state index contributed by atoms with van der Waals surface area (Å²) in [5.74, 6) is 8.62. The molecule has 0 spiro atoms. The molecule has 2 aliphatic heterocycles. The van der Waals surface area contributed by atoms with E-state index in [-0.39, 0.29) is 0 Å². The van der Waals surface area contributed by atoms with Crippen LogP contribution in [0.25, 0.3) is 0 Å². The molecule has 2 heterocycles. The van der Waals surface area contributed by atoms with Crippen LogP contribution < -0.4 is 0 Å². The van der Waals surface area contributed by atoms with E-state index < -0.39 is 0 Å². The van der Waals surface area contributed by atoms with Gasteiger partial charge in [-0.3, -0.25) is 9.80 Å². The Labute approximate surface area is 272 Å². The lowest BCUT2D eigenvalue weighted by Gasteiger charge is -2.47. The van der Waals surface area contributed by atoms with Gasteiger partial charge in [0, 0.05) is 36.3 Å². The summed E-state index contributed by atoms with van der Waals surface area (Å²) < 4.78 is 0. The number of likely N-dealkylation sites (tertiary alicyclic amines) is 2. The predicted molar refractivity (Wildman–Crippen MR) is 184 cm³/mol. The van der Waals surface area contributed by atoms with Crippen molar-refractivity contribution < 1.29 is 0 Å². The first-order valence-electron chi connectivity index (χ1n) is 21.4. The van der Waals surface area contributed by atoms with Crippen LogP contribution >= 0.6 is 0 Å². The van der Waals surface area contributed by atoms with Gasteiger partial charge >= 0.3 is 0 Å². The Morgan fingerprint density at radius 1 is 0.250 bits per heavy atom. The van der Waals surface area contributed by atoms with Crippen molar-refractivity contribution in [3.63, 3.8) is 0 Å². The summed E-state index contributed by atoms with van der Waals surface area (Å²) in [5, 5.41) is 0. The number of rotatable bonds is 4. The fraction of sp³-hybridized carbons (Fsp3) is 1.00. The highest BCUT2D eigenvalue weighted by Crippen LogP contribution is 2.58. The van der Waals surface area contributed by atoms with Crippen molar-refractivity contribution >= 4 is 0 Å². The Kier molecular flexibility index (Phi) is 8.93. The van der Waals surface area contributed by atoms with Crippen LogP contribution in [0.2, 0.25) is 0 Å². The number of hydrogen-bond acceptors (Lipinski definition) is 2. The van der Waals surface area contributed by atoms with Gasteiger partial charge in [-0.25, -0.2) is 0 Å². The first kappa shape index (κ1) is 30.0. The molecule has 0 radical (unpaired) electrons. The molecule has 7 saturated carbocycles. The van der Waals surface area contributed by atoms with E-state index in [0.29, 0.717) is 0 Å². The second-order valence-electron chi connectivity index (χ2n) is 18.8. The molecule has 9 rings (SSSR count). The molecule has 248 valence electrons. The van der Waals surface area contributed by atoms with Crippen LogP contribution in [-0.2, 0) is 0 Å². The normalized spacial score (nSPS) is 49.6. The molecule has 0 aromatic heterocycles. The average Bonchev–Trinajstić information content (AvgIpc) is 3.61. The molecule has 7 aliphatic carbocycles. The van der Waals surface area contributed by atoms with Gasteiger partial charge < -0.3 is 0 Å². The molecule has 9 aliphatic rings. The average molecular weight is 603 g/mol. The minimum absolute atomic E-state index is 0.954. The van der Waals surface area contributed by atoms with Crippen LogP contribution in [0.5, 0.6) is 0 Å². The van der Waals surface area contributed by atoms with Crippen LogP contribution in [-0.4, -0.2) is 46.1 Å². The van der Waals surface area contributed by atoms with E-state index in [1.54, 1.807) is 116 Å². The van der Waals surface area contributed by atoms with Gasteiger partial charge in [0.05, 0.1) is 0 Å². The number of hydrogen-bond donors (Lipinski definition) is 0. The van der Waals surface area contributed by atoms with E-state index in [4.69, 9.17) is 0 Å². The van der Waals surface area contributed by atoms with Crippen molar-refractivity contribution in [1.29, 1.82) is 0 Å². The van der Waals surface area contributed by atoms with E-state index in [2.05, 4.69) is 9.80 Å². The van der Waals surface area contributed by atoms with Crippen LogP contribution in [0.4, 0.5) is 0 Å². The van der Waals surface area contributed by atoms with Gasteiger partial charge in [0.15, 0.2) is 0 Å². The van der Waals surface area contributed by atoms with Crippen LogP contribution in [0, 0.1) is 47.3 Å². The zero-order valence-corrected chi connectivity index (χ0v) is 28.8. The van der Waals surface area contributed by atoms with Crippen molar-refractivity contribution in [2.24, 2.45) is 47.3 Å². The summed E-state index contributed by atoms with van der Waals surface area (Å²) in [6, 6.07) is 5.83. The molecule has 10 unspecified atom stereocenters. The fourth-order valence-electron chi connectivity index (χ4n) is 15.4. The maximum absolute atomic E-state index is 3.31. The summed E-state index contributed by atoms with van der Waals surface area (Å²) in [7, 11) is 0. The molecule has 2 nitrogen and oxygen atoms in total. The van der Waals surface area contributed by atoms with Crippen molar-refractivity contribution in [2.45, 2.75) is 216 Å². The zero-order valence-electron chi connectivity index (χ0n) is 28.8. The molecule has 0 aromatic carbocycles. The molecule has 9 fully saturated rings. The molecule has 10 atom stereocenters. The summed E-state index contributed by atoms with van der Waals surface area (Å²) in [5.41, 5.74) is 0. The van der Waals surface area contributed by atoms with Crippen LogP contribution in [0.15, 0.2) is 0 Å². The summed E-state index contributed by atoms with van der Waals surface area (Å²) in [6.45, 7) is 0. The maximum atomic E-state index is 3.31. The number of nitrogens with zero attached hydrogens (tertiary/aromatic N) is 2. The predicted octanol–water partition coefficient (Wildman–Crippen LogP) is 10.8. The standard InChI is InChI=1S/C42H70N2/c1-3-11-29(12-4-1)30-19-23-34(24-20-30)44-40-18-10-8-16-36(40)38-28-32(22-26-42(38)44)31-21-25-41-37(27-31)35-15-7-9-17-39(35)43(41)33-13-5-2-6-14-33/h29-42H,1-28H2. The Hall–Kier alpha value is -0.0800. The summed E-state index contributed by atoms with van der Waals surface area (Å²) in [6.07, 6.45) is 43.7. The molecular formula is C42H70N2. The highest BCUT2D eigenvalue weighted by molar-refractivity contribution is 5.09. The largest absolute Gasteiger partial charge is 0.294 e. The van der Waals surface area contributed by atoms with Gasteiger partial charge in [0.1, 0.15) is 0 Å². The third-order valence-corrected chi connectivity index (χ3v) is 17.1. The van der Waals surface area contributed by atoms with Crippen molar-refractivity contribution in [2.75, 3.05) is 0 Å². The fourth-order valence-corrected chi connectivity index (χ4v) is 15.4. The molecule has 0 N–H and O–H groups in total. The third kappa shape index (κ3) is 5.41. The highest BCUT2D eigenvalue weighted by atomic mass is 15.3. The Morgan fingerprint density at radius 2 is 0.636 bits per heavy atom. The second-order valence-corrected chi connectivity index (χ2v) is 18.8. The molecule has 2 saturated heterocycles. The lowest BCUT2D eigenvalue weighted by molar-refractivity contribution is 0.0242. The first-order chi connectivity index (χ1) is 21.8. The molecular weight excluding hydrogens is 532 g/mol. The molecule has 0 bridgehead atoms. The minimum atomic E-state index is 0.954. The van der Waals surface area contributed by atoms with E-state index in [0.717, 1.165) is 83.6 Å². The Morgan fingerprint density at radius 3 is 1.18 bits per heavy atom. The Bertz CT molecular complexity index is 941. The van der Waals surface area contributed by atoms with E-state index in [9.17, 15) is 0 Å². The van der Waals surface area contributed by atoms with Gasteiger partial charge in [0.2, 0.25) is 0 Å². The zero-order chi connectivity index (χ0) is 29.0. The quantitative estimate of drug-likeness (QED) is 0.316. The first-order valence-corrected chi connectivity index (χ1v) is 21.4. The van der Waals surface area contributed by atoms with Crippen molar-refractivity contribution in [3.05, 3.63) is 0 Å². The topological polar surface area (TPSA) is 6.48 Å². The van der Waals surface area contributed by atoms with Crippen molar-refractivity contribution in [3.8, 4) is 0 Å². The van der Waals surface area contributed by atoms with E-state index >= 15 is 0 Å². The van der Waals surface area contributed by atoms with Crippen LogP contribution in [0.3, 0.4) is 0 Å². The summed E-state index contributed by atoms with van der Waals surface area (Å²) in [4.78, 5) is 6.57. The monoisotopic (exact) mass is 603 g/mol. The lowest BCUT2D eigenvalue weighted by Crippen LogP contribution is -2.49. The van der Waals surface area contributed by atoms with Gasteiger partial charge in [-0.2, -0.15) is 0 Å². The molecule has 2 heteroatoms. The number of fused-ring (bicyclic) bond motifs is 6. The van der Waals surface area contributed by atoms with E-state index in [1.165, 1.54) is 64.2 Å². The van der Waals surface area contributed by atoms with E-state index in [1.807, 2.05) is 0 Å². The smallest absolute Gasteiger partial charge is 0.0133 e. The maximum Gasteiger partial charge on any atom is 0.0133 e. The van der Waals surface area contributed by atoms with Crippen LogP contribution in [0.1, 0.15) is 180 Å². The van der Waals surface area contributed by atoms with Crippen molar-refractivity contribution in [1.82, 2.24) is 9.80 Å².